The first-order valence-electron chi connectivity index (χ1n) is 10.2. The van der Waals surface area contributed by atoms with Gasteiger partial charge in [0, 0.05) is 30.0 Å². The average molecular weight is 437 g/mol. The molecule has 0 unspecified atom stereocenters. The second kappa shape index (κ2) is 8.72. The maximum atomic E-state index is 14.8. The molecule has 0 bridgehead atoms. The zero-order chi connectivity index (χ0) is 24.4. The van der Waals surface area contributed by atoms with Crippen LogP contribution in [-0.4, -0.2) is 25.4 Å². The van der Waals surface area contributed by atoms with Crippen LogP contribution in [0.2, 0.25) is 0 Å². The van der Waals surface area contributed by atoms with Crippen LogP contribution in [0, 0.1) is 25.4 Å². The summed E-state index contributed by atoms with van der Waals surface area (Å²) in [6.45, 7) is -0.781. The number of ether oxygens (including phenoxy) is 1. The van der Waals surface area contributed by atoms with E-state index in [0.29, 0.717) is 11.1 Å². The van der Waals surface area contributed by atoms with Crippen molar-refractivity contribution in [2.75, 3.05) is 11.8 Å². The highest BCUT2D eigenvalue weighted by Gasteiger charge is 2.17. The Morgan fingerprint density at radius 1 is 1.17 bits per heavy atom. The largest absolute Gasteiger partial charge is 0.452 e. The van der Waals surface area contributed by atoms with Crippen molar-refractivity contribution in [1.29, 1.82) is 0 Å². The highest BCUT2D eigenvalue weighted by Crippen LogP contribution is 2.30. The summed E-state index contributed by atoms with van der Waals surface area (Å²) in [5.74, 6) is -2.16. The first-order valence-corrected chi connectivity index (χ1v) is 10.2. The van der Waals surface area contributed by atoms with Gasteiger partial charge in [-0.1, -0.05) is 6.07 Å². The monoisotopic (exact) mass is 437 g/mol. The maximum absolute atomic E-state index is 14.8. The third-order valence-corrected chi connectivity index (χ3v) is 5.27. The summed E-state index contributed by atoms with van der Waals surface area (Å²) in [6.07, 6.45) is 4.12. The van der Waals surface area contributed by atoms with Crippen LogP contribution in [0.1, 0.15) is 26.4 Å². The molecule has 2 aromatic heterocycles. The predicted octanol–water partition coefficient (Wildman–Crippen LogP) is 3.63. The van der Waals surface area contributed by atoms with Gasteiger partial charge >= 0.3 is 0 Å². The van der Waals surface area contributed by atoms with Crippen molar-refractivity contribution in [3.63, 3.8) is 0 Å². The molecule has 0 spiro atoms. The van der Waals surface area contributed by atoms with Crippen LogP contribution in [-0.2, 0) is 16.6 Å². The van der Waals surface area contributed by atoms with Gasteiger partial charge in [-0.2, -0.15) is 8.42 Å². The summed E-state index contributed by atoms with van der Waals surface area (Å²) in [5, 5.41) is 0. The predicted molar refractivity (Wildman–Crippen MR) is 109 cm³/mol. The normalized spacial score (nSPS) is 13.3. The molecule has 30 heavy (non-hydrogen) atoms. The van der Waals surface area contributed by atoms with Crippen LogP contribution in [0.3, 0.4) is 0 Å². The van der Waals surface area contributed by atoms with E-state index in [0.717, 1.165) is 6.07 Å². The SMILES string of the molecule is [2H]C([2H])([2H])c1ccc(Oc2cncc(Cc3ccnc(NS(=O)(=O)NC)c3F)c2C)c(F)c1. The maximum Gasteiger partial charge on any atom is 0.300 e. The molecule has 0 fully saturated rings. The van der Waals surface area contributed by atoms with Crippen LogP contribution in [0.5, 0.6) is 11.5 Å². The molecule has 2 heterocycles. The molecule has 1 aromatic carbocycles. The van der Waals surface area contributed by atoms with E-state index in [4.69, 9.17) is 8.85 Å². The molecule has 0 radical (unpaired) electrons. The fourth-order valence-electron chi connectivity index (χ4n) is 2.60. The van der Waals surface area contributed by atoms with E-state index in [9.17, 15) is 17.2 Å². The van der Waals surface area contributed by atoms with Crippen molar-refractivity contribution >= 4 is 16.0 Å². The molecule has 10 heteroatoms. The van der Waals surface area contributed by atoms with E-state index in [1.54, 1.807) is 6.92 Å². The lowest BCUT2D eigenvalue weighted by molar-refractivity contribution is 0.437. The Hall–Kier alpha value is -3.11. The van der Waals surface area contributed by atoms with Crippen molar-refractivity contribution in [1.82, 2.24) is 14.7 Å². The number of nitrogens with zero attached hydrogens (tertiary/aromatic N) is 2. The fraction of sp³-hybridized carbons (Fsp3) is 0.200. The van der Waals surface area contributed by atoms with Gasteiger partial charge in [0.25, 0.3) is 10.2 Å². The number of aryl methyl sites for hydroxylation is 1. The Labute approximate surface area is 177 Å². The van der Waals surface area contributed by atoms with Crippen molar-refractivity contribution < 1.29 is 26.0 Å². The number of benzene rings is 1. The van der Waals surface area contributed by atoms with Crippen LogP contribution in [0.15, 0.2) is 42.9 Å². The molecule has 0 atom stereocenters. The van der Waals surface area contributed by atoms with Crippen molar-refractivity contribution in [2.24, 2.45) is 0 Å². The molecule has 2 N–H and O–H groups in total. The average Bonchev–Trinajstić information content (AvgIpc) is 2.74. The molecule has 0 saturated carbocycles. The molecule has 3 rings (SSSR count). The van der Waals surface area contributed by atoms with E-state index in [2.05, 4.69) is 9.97 Å². The lowest BCUT2D eigenvalue weighted by Crippen LogP contribution is -2.27. The summed E-state index contributed by atoms with van der Waals surface area (Å²) in [7, 11) is -2.79. The van der Waals surface area contributed by atoms with Crippen molar-refractivity contribution in [2.45, 2.75) is 20.2 Å². The third-order valence-electron chi connectivity index (χ3n) is 4.28. The van der Waals surface area contributed by atoms with Gasteiger partial charge in [0.1, 0.15) is 5.75 Å². The summed E-state index contributed by atoms with van der Waals surface area (Å²) in [6, 6.07) is 4.74. The Kier molecular flexibility index (Phi) is 5.15. The van der Waals surface area contributed by atoms with Crippen LogP contribution < -0.4 is 14.2 Å². The molecule has 158 valence electrons. The first kappa shape index (κ1) is 17.7. The minimum absolute atomic E-state index is 0.0269. The Bertz CT molecular complexity index is 1290. The fourth-order valence-corrected chi connectivity index (χ4v) is 3.10. The van der Waals surface area contributed by atoms with Gasteiger partial charge in [0.15, 0.2) is 23.2 Å². The van der Waals surface area contributed by atoms with E-state index < -0.39 is 34.5 Å². The molecule has 0 aliphatic rings. The highest BCUT2D eigenvalue weighted by atomic mass is 32.2. The second-order valence-corrected chi connectivity index (χ2v) is 7.91. The number of nitrogens with one attached hydrogen (secondary N) is 2. The Morgan fingerprint density at radius 2 is 1.97 bits per heavy atom. The zero-order valence-electron chi connectivity index (χ0n) is 19.0. The van der Waals surface area contributed by atoms with E-state index >= 15 is 0 Å². The van der Waals surface area contributed by atoms with Gasteiger partial charge in [0.2, 0.25) is 0 Å². The standard InChI is InChI=1S/C20H20F2N4O3S/c1-12-4-5-17(16(21)8-12)29-18-11-24-10-15(13(18)2)9-14-6-7-25-20(19(14)22)26-30(27,28)23-3/h4-8,10-11,23H,9H2,1-3H3,(H,25,26)/i1D3. The van der Waals surface area contributed by atoms with E-state index in [1.165, 1.54) is 43.8 Å². The number of pyridine rings is 2. The number of halogens is 2. The molecule has 0 aliphatic carbocycles. The van der Waals surface area contributed by atoms with Crippen molar-refractivity contribution in [3.05, 3.63) is 76.7 Å². The third kappa shape index (κ3) is 4.89. The topological polar surface area (TPSA) is 93.2 Å². The lowest BCUT2D eigenvalue weighted by Gasteiger charge is -2.14. The van der Waals surface area contributed by atoms with Crippen LogP contribution in [0.25, 0.3) is 0 Å². The Morgan fingerprint density at radius 3 is 2.67 bits per heavy atom. The van der Waals surface area contributed by atoms with Gasteiger partial charge < -0.3 is 4.74 Å². The number of hydrogen-bond acceptors (Lipinski definition) is 5. The van der Waals surface area contributed by atoms with Gasteiger partial charge in [-0.3, -0.25) is 9.71 Å². The summed E-state index contributed by atoms with van der Waals surface area (Å²) < 4.78 is 84.2. The number of hydrogen-bond donors (Lipinski definition) is 2. The molecule has 3 aromatic rings. The quantitative estimate of drug-likeness (QED) is 0.589. The number of aromatic nitrogens is 2. The lowest BCUT2D eigenvalue weighted by atomic mass is 10.0. The molecule has 0 saturated heterocycles. The van der Waals surface area contributed by atoms with E-state index in [-0.39, 0.29) is 29.0 Å². The minimum atomic E-state index is -3.96. The van der Waals surface area contributed by atoms with Gasteiger partial charge in [-0.05, 0) is 54.2 Å². The van der Waals surface area contributed by atoms with Crippen LogP contribution >= 0.6 is 0 Å². The highest BCUT2D eigenvalue weighted by molar-refractivity contribution is 7.90. The number of rotatable bonds is 7. The van der Waals surface area contributed by atoms with Gasteiger partial charge in [0.05, 0.1) is 6.20 Å². The number of anilines is 1. The van der Waals surface area contributed by atoms with Gasteiger partial charge in [-0.15, -0.1) is 0 Å². The smallest absolute Gasteiger partial charge is 0.300 e. The summed E-state index contributed by atoms with van der Waals surface area (Å²) in [5.41, 5.74) is 1.07. The molecule has 0 amide bonds. The summed E-state index contributed by atoms with van der Waals surface area (Å²) in [4.78, 5) is 7.77. The molecule has 0 aliphatic heterocycles. The van der Waals surface area contributed by atoms with Crippen molar-refractivity contribution in [3.8, 4) is 11.5 Å². The summed E-state index contributed by atoms with van der Waals surface area (Å²) >= 11 is 0. The first-order chi connectivity index (χ1) is 15.4. The second-order valence-electron chi connectivity index (χ2n) is 6.29. The van der Waals surface area contributed by atoms with Gasteiger partial charge in [-0.25, -0.2) is 18.5 Å². The minimum Gasteiger partial charge on any atom is -0.452 e. The molecular weight excluding hydrogens is 414 g/mol. The zero-order valence-corrected chi connectivity index (χ0v) is 16.8. The molecular formula is C20H20F2N4O3S. The van der Waals surface area contributed by atoms with E-state index in [1.807, 2.05) is 9.44 Å². The molecule has 7 nitrogen and oxygen atoms in total. The Balaban J connectivity index is 1.87. The van der Waals surface area contributed by atoms with Crippen LogP contribution in [0.4, 0.5) is 14.6 Å².